The van der Waals surface area contributed by atoms with E-state index in [0.29, 0.717) is 49.1 Å². The molecule has 1 aliphatic rings. The molecule has 0 fully saturated rings. The second-order valence-electron chi connectivity index (χ2n) is 11.0. The van der Waals surface area contributed by atoms with Crippen molar-refractivity contribution < 1.29 is 27.1 Å². The molecule has 0 atom stereocenters. The molecule has 0 spiro atoms. The molecule has 0 radical (unpaired) electrons. The molecule has 0 aliphatic carbocycles. The van der Waals surface area contributed by atoms with Crippen LogP contribution in [0.3, 0.4) is 0 Å². The highest BCUT2D eigenvalue weighted by Gasteiger charge is 2.47. The number of hydrogen-bond donors (Lipinski definition) is 0. The van der Waals surface area contributed by atoms with Crippen LogP contribution in [0.5, 0.6) is 23.0 Å². The van der Waals surface area contributed by atoms with Gasteiger partial charge in [-0.1, -0.05) is 89.1 Å². The summed E-state index contributed by atoms with van der Waals surface area (Å²) in [6.45, 7) is 12.8. The van der Waals surface area contributed by atoms with Crippen LogP contribution in [0.1, 0.15) is 48.9 Å². The summed E-state index contributed by atoms with van der Waals surface area (Å²) in [7, 11) is -10.9. The molecule has 0 bridgehead atoms. The average molecular weight is 682 g/mol. The van der Waals surface area contributed by atoms with Gasteiger partial charge in [-0.05, 0) is 89.1 Å². The van der Waals surface area contributed by atoms with E-state index in [2.05, 4.69) is 0 Å². The molecule has 46 heavy (non-hydrogen) atoms. The predicted octanol–water partition coefficient (Wildman–Crippen LogP) is 12.2. The monoisotopic (exact) mass is 681 g/mol. The van der Waals surface area contributed by atoms with E-state index < -0.39 is 23.0 Å². The van der Waals surface area contributed by atoms with Crippen molar-refractivity contribution in [2.45, 2.75) is 54.4 Å². The zero-order valence-corrected chi connectivity index (χ0v) is 29.9. The minimum atomic E-state index is -3.73. The molecule has 244 valence electrons. The van der Waals surface area contributed by atoms with Gasteiger partial charge in [0, 0.05) is 0 Å². The normalized spacial score (nSPS) is 15.9. The fourth-order valence-electron chi connectivity index (χ4n) is 4.17. The second-order valence-corrected chi connectivity index (χ2v) is 17.4. The van der Waals surface area contributed by atoms with Crippen LogP contribution in [-0.2, 0) is 9.05 Å². The highest BCUT2D eigenvalue weighted by atomic mass is 31.3. The summed E-state index contributed by atoms with van der Waals surface area (Å²) < 4.78 is 55.4. The molecular formula is C34H42N3O6P3. The first-order valence-electron chi connectivity index (χ1n) is 15.4. The van der Waals surface area contributed by atoms with Crippen molar-refractivity contribution in [3.8, 4) is 23.0 Å². The van der Waals surface area contributed by atoms with Gasteiger partial charge < -0.3 is 27.1 Å². The van der Waals surface area contributed by atoms with Crippen LogP contribution in [0.4, 0.5) is 0 Å². The molecule has 4 aromatic carbocycles. The molecule has 0 saturated carbocycles. The van der Waals surface area contributed by atoms with E-state index in [-0.39, 0.29) is 0 Å². The Morgan fingerprint density at radius 1 is 0.391 bits per heavy atom. The van der Waals surface area contributed by atoms with Gasteiger partial charge in [0.2, 0.25) is 0 Å². The molecule has 1 heterocycles. The van der Waals surface area contributed by atoms with Gasteiger partial charge in [0.05, 0.1) is 13.2 Å². The van der Waals surface area contributed by atoms with Gasteiger partial charge >= 0.3 is 23.0 Å². The molecule has 4 aromatic rings. The number of benzene rings is 4. The summed E-state index contributed by atoms with van der Waals surface area (Å²) in [6, 6.07) is 30.6. The van der Waals surface area contributed by atoms with Gasteiger partial charge in [0.15, 0.2) is 0 Å². The molecular weight excluding hydrogens is 639 g/mol. The summed E-state index contributed by atoms with van der Waals surface area (Å²) in [6.07, 6.45) is 1.43. The van der Waals surface area contributed by atoms with Crippen LogP contribution in [0, 0.1) is 27.7 Å². The fourth-order valence-corrected chi connectivity index (χ4v) is 13.6. The Morgan fingerprint density at radius 3 is 0.891 bits per heavy atom. The van der Waals surface area contributed by atoms with Gasteiger partial charge in [0.1, 0.15) is 23.0 Å². The summed E-state index contributed by atoms with van der Waals surface area (Å²) in [4.78, 5) is 0. The Balaban J connectivity index is 1.82. The first-order chi connectivity index (χ1) is 22.1. The maximum Gasteiger partial charge on any atom is 0.459 e. The first kappa shape index (κ1) is 34.0. The van der Waals surface area contributed by atoms with E-state index in [1.165, 1.54) is 0 Å². The Labute approximate surface area is 273 Å². The number of nitrogens with zero attached hydrogens (tertiary/aromatic N) is 3. The standard InChI is InChI=1S/C34H42N3O6P3/c1-7-25-38-44(39-26-8-2)35-45(40-31-17-9-27(3)10-18-31,41-32-19-11-28(4)12-20-32)37-46(36-44,42-33-21-13-29(5)14-22-33)43-34-23-15-30(6)16-24-34/h9-24H,7-8,25-26H2,1-6H3. The number of hydrogen-bond acceptors (Lipinski definition) is 9. The summed E-state index contributed by atoms with van der Waals surface area (Å²) in [5, 5.41) is 0. The zero-order valence-electron chi connectivity index (χ0n) is 27.2. The lowest BCUT2D eigenvalue weighted by molar-refractivity contribution is 0.239. The van der Waals surface area contributed by atoms with Gasteiger partial charge in [-0.25, -0.2) is 0 Å². The molecule has 12 heteroatoms. The maximum absolute atomic E-state index is 6.75. The van der Waals surface area contributed by atoms with Crippen LogP contribution in [0.2, 0.25) is 0 Å². The van der Waals surface area contributed by atoms with Crippen molar-refractivity contribution in [2.75, 3.05) is 13.2 Å². The topological polar surface area (TPSA) is 92.5 Å². The van der Waals surface area contributed by atoms with Crippen molar-refractivity contribution in [2.24, 2.45) is 13.5 Å². The van der Waals surface area contributed by atoms with Gasteiger partial charge in [-0.15, -0.1) is 9.03 Å². The zero-order chi connectivity index (χ0) is 32.6. The molecule has 0 N–H and O–H groups in total. The lowest BCUT2D eigenvalue weighted by Crippen LogP contribution is -2.10. The highest BCUT2D eigenvalue weighted by molar-refractivity contribution is 7.78. The smallest absolute Gasteiger partial charge is 0.413 e. The van der Waals surface area contributed by atoms with E-state index in [1.807, 2.05) is 139 Å². The van der Waals surface area contributed by atoms with Gasteiger partial charge in [-0.3, -0.25) is 0 Å². The molecule has 0 aromatic heterocycles. The number of rotatable bonds is 14. The van der Waals surface area contributed by atoms with Crippen molar-refractivity contribution in [1.82, 2.24) is 0 Å². The van der Waals surface area contributed by atoms with Crippen LogP contribution in [0.15, 0.2) is 111 Å². The fraction of sp³-hybridized carbons (Fsp3) is 0.294. The van der Waals surface area contributed by atoms with Crippen LogP contribution >= 0.6 is 23.0 Å². The molecule has 1 aliphatic heterocycles. The predicted molar refractivity (Wildman–Crippen MR) is 188 cm³/mol. The molecule has 9 nitrogen and oxygen atoms in total. The van der Waals surface area contributed by atoms with Gasteiger partial charge in [-0.2, -0.15) is 0 Å². The summed E-state index contributed by atoms with van der Waals surface area (Å²) in [5.74, 6) is 2.09. The largest absolute Gasteiger partial charge is 0.459 e. The van der Waals surface area contributed by atoms with E-state index in [4.69, 9.17) is 40.7 Å². The highest BCUT2D eigenvalue weighted by Crippen LogP contribution is 2.79. The first-order valence-corrected chi connectivity index (χ1v) is 20.0. The van der Waals surface area contributed by atoms with Crippen LogP contribution in [-0.4, -0.2) is 13.2 Å². The lowest BCUT2D eigenvalue weighted by Gasteiger charge is -2.33. The van der Waals surface area contributed by atoms with Crippen LogP contribution in [0.25, 0.3) is 0 Å². The van der Waals surface area contributed by atoms with E-state index >= 15 is 0 Å². The molecule has 0 unspecified atom stereocenters. The summed E-state index contributed by atoms with van der Waals surface area (Å²) >= 11 is 0. The Morgan fingerprint density at radius 2 is 0.630 bits per heavy atom. The second kappa shape index (κ2) is 15.1. The number of aryl methyl sites for hydroxylation is 4. The van der Waals surface area contributed by atoms with E-state index in [0.717, 1.165) is 22.3 Å². The van der Waals surface area contributed by atoms with Crippen molar-refractivity contribution in [3.63, 3.8) is 0 Å². The lowest BCUT2D eigenvalue weighted by atomic mass is 10.2. The van der Waals surface area contributed by atoms with Gasteiger partial charge in [0.25, 0.3) is 0 Å². The van der Waals surface area contributed by atoms with Crippen LogP contribution < -0.4 is 18.1 Å². The Kier molecular flexibility index (Phi) is 11.1. The average Bonchev–Trinajstić information content (AvgIpc) is 3.03. The maximum atomic E-state index is 6.75. The van der Waals surface area contributed by atoms with E-state index in [1.54, 1.807) is 0 Å². The third kappa shape index (κ3) is 8.94. The quantitative estimate of drug-likeness (QED) is 0.123. The molecule has 5 rings (SSSR count). The minimum Gasteiger partial charge on any atom is -0.413 e. The Bertz CT molecular complexity index is 1560. The Hall–Kier alpha value is -3.31. The van der Waals surface area contributed by atoms with Crippen molar-refractivity contribution in [3.05, 3.63) is 119 Å². The van der Waals surface area contributed by atoms with E-state index in [9.17, 15) is 0 Å². The SMILES string of the molecule is CCCOP1(OCCC)=NP(Oc2ccc(C)cc2)(Oc2ccc(C)cc2)=NP(Oc2ccc(C)cc2)(Oc2ccc(C)cc2)=N1. The third-order valence-electron chi connectivity index (χ3n) is 6.59. The molecule has 0 saturated heterocycles. The molecule has 0 amide bonds. The van der Waals surface area contributed by atoms with Crippen molar-refractivity contribution in [1.29, 1.82) is 0 Å². The summed E-state index contributed by atoms with van der Waals surface area (Å²) in [5.41, 5.74) is 4.33. The van der Waals surface area contributed by atoms with Crippen molar-refractivity contribution >= 4 is 23.0 Å². The third-order valence-corrected chi connectivity index (χ3v) is 14.8. The minimum absolute atomic E-state index is 0.342.